The van der Waals surface area contributed by atoms with Crippen LogP contribution in [-0.2, 0) is 16.4 Å². The number of carbonyl (C=O) groups excluding carboxylic acids is 1. The van der Waals surface area contributed by atoms with Crippen LogP contribution in [-0.4, -0.2) is 14.2 Å². The third-order valence-electron chi connectivity index (χ3n) is 4.26. The van der Waals surface area contributed by atoms with E-state index in [-0.39, 0.29) is 53.0 Å². The van der Waals surface area contributed by atoms with Crippen LogP contribution in [0.1, 0.15) is 27.0 Å². The fraction of sp³-hybridized carbons (Fsp3) is 0.0455. The van der Waals surface area contributed by atoms with Gasteiger partial charge in [0.15, 0.2) is 0 Å². The summed E-state index contributed by atoms with van der Waals surface area (Å²) < 4.78 is 27.8. The van der Waals surface area contributed by atoms with Crippen LogP contribution in [0, 0.1) is 45.0 Å². The smallest absolute Gasteiger partial charge is 0.350 e. The molecule has 140 valence electrons. The van der Waals surface area contributed by atoms with Crippen LogP contribution in [0.5, 0.6) is 0 Å². The molecule has 0 radical (unpaired) electrons. The summed E-state index contributed by atoms with van der Waals surface area (Å²) in [6, 6.07) is 19.9. The second kappa shape index (κ2) is 9.47. The zero-order valence-corrected chi connectivity index (χ0v) is 20.2. The number of nitrogens with one attached hydrogen (secondary N) is 1. The Labute approximate surface area is 189 Å². The molecule has 0 atom stereocenters. The summed E-state index contributed by atoms with van der Waals surface area (Å²) in [5.74, 6) is -0.290. The van der Waals surface area contributed by atoms with Gasteiger partial charge in [0.25, 0.3) is 10.0 Å². The molecule has 0 saturated carbocycles. The predicted octanol–water partition coefficient (Wildman–Crippen LogP) is 4.28. The van der Waals surface area contributed by atoms with Crippen LogP contribution in [0.3, 0.4) is 0 Å². The summed E-state index contributed by atoms with van der Waals surface area (Å²) in [6.07, 6.45) is 0.516. The molecular formula is C22H19NO3SU. The van der Waals surface area contributed by atoms with Gasteiger partial charge in [-0.25, -0.2) is 14.8 Å². The predicted molar refractivity (Wildman–Crippen MR) is 107 cm³/mol. The van der Waals surface area contributed by atoms with Crippen LogP contribution in [0.4, 0.5) is 5.69 Å². The first-order chi connectivity index (χ1) is 12.9. The van der Waals surface area contributed by atoms with E-state index in [2.05, 4.69) is 18.6 Å². The maximum absolute atomic E-state index is 13.1. The molecule has 0 saturated heterocycles. The number of hydrogen-bond donors (Lipinski definition) is 1. The first-order valence-electron chi connectivity index (χ1n) is 8.38. The van der Waals surface area contributed by atoms with Crippen molar-refractivity contribution in [2.45, 2.75) is 11.3 Å². The molecule has 3 aromatic carbocycles. The van der Waals surface area contributed by atoms with E-state index in [1.807, 2.05) is 6.07 Å². The Morgan fingerprint density at radius 3 is 2.14 bits per heavy atom. The number of carbonyl (C=O) groups is 1. The number of rotatable bonds is 6. The molecule has 0 fully saturated rings. The molecule has 0 spiro atoms. The molecule has 0 aliphatic rings. The molecule has 0 aliphatic carbocycles. The van der Waals surface area contributed by atoms with Gasteiger partial charge in [0.05, 0.1) is 10.6 Å². The van der Waals surface area contributed by atoms with Crippen molar-refractivity contribution in [3.63, 3.8) is 0 Å². The van der Waals surface area contributed by atoms with Crippen molar-refractivity contribution in [1.29, 1.82) is 0 Å². The number of hydrogen-bond acceptors (Lipinski definition) is 3. The van der Waals surface area contributed by atoms with Crippen LogP contribution in [0.15, 0.2) is 77.7 Å². The molecule has 1 N–H and O–H groups in total. The Morgan fingerprint density at radius 1 is 0.857 bits per heavy atom. The minimum atomic E-state index is -3.80. The quantitative estimate of drug-likeness (QED) is 0.333. The van der Waals surface area contributed by atoms with Crippen molar-refractivity contribution in [2.75, 3.05) is 4.72 Å². The van der Waals surface area contributed by atoms with E-state index in [1.54, 1.807) is 54.6 Å². The summed E-state index contributed by atoms with van der Waals surface area (Å²) in [6.45, 7) is 7.84. The first-order valence-corrected chi connectivity index (χ1v) is 9.87. The molecule has 3 rings (SSSR count). The van der Waals surface area contributed by atoms with Gasteiger partial charge in [-0.3, -0.25) is 4.72 Å². The Balaban J connectivity index is 0.00000280. The Kier molecular flexibility index (Phi) is 7.54. The molecule has 6 heteroatoms. The molecule has 3 aromatic rings. The minimum absolute atomic E-state index is 0. The number of para-hydroxylation sites is 1. The van der Waals surface area contributed by atoms with Crippen LogP contribution < -0.4 is 4.72 Å². The standard InChI is InChI=1S/C22H19NO3S.U/c1-3-17-10-9-14-19(16(17)2)22(24)20-13-7-8-15-21(20)23-27(25,26)18-11-5-4-6-12-18;/h4-15,23H,1-3H2;/q-2;+2. The topological polar surface area (TPSA) is 63.2 Å². The zero-order chi connectivity index (χ0) is 19.4. The van der Waals surface area contributed by atoms with Gasteiger partial charge in [0.2, 0.25) is 0 Å². The molecule has 0 aromatic heterocycles. The van der Waals surface area contributed by atoms with Gasteiger partial charge in [-0.15, -0.1) is 12.1 Å². The number of benzene rings is 3. The van der Waals surface area contributed by atoms with E-state index in [0.29, 0.717) is 17.5 Å². The van der Waals surface area contributed by atoms with E-state index >= 15 is 0 Å². The molecular weight excluding hydrogens is 596 g/mol. The minimum Gasteiger partial charge on any atom is -0.350 e. The van der Waals surface area contributed by atoms with Crippen LogP contribution in [0.2, 0.25) is 0 Å². The van der Waals surface area contributed by atoms with Gasteiger partial charge >= 0.3 is 31.1 Å². The van der Waals surface area contributed by atoms with E-state index in [1.165, 1.54) is 12.1 Å². The average Bonchev–Trinajstić information content (AvgIpc) is 2.68. The molecule has 0 unspecified atom stereocenters. The number of anilines is 1. The van der Waals surface area contributed by atoms with Crippen molar-refractivity contribution >= 4 is 21.5 Å². The SMILES string of the molecule is [CH2-]Cc1cccc(C(=O)c2ccccc2NS(=O)(=O)c2ccccc2)c1[CH2-].[U+2]. The zero-order valence-electron chi connectivity index (χ0n) is 15.2. The Morgan fingerprint density at radius 2 is 1.46 bits per heavy atom. The van der Waals surface area contributed by atoms with Gasteiger partial charge < -0.3 is 11.7 Å². The van der Waals surface area contributed by atoms with Crippen molar-refractivity contribution in [2.24, 2.45) is 0 Å². The van der Waals surface area contributed by atoms with Crippen molar-refractivity contribution in [1.82, 2.24) is 0 Å². The molecule has 0 aliphatic heterocycles. The summed E-state index contributed by atoms with van der Waals surface area (Å²) >= 11 is 0. The molecule has 4 nitrogen and oxygen atoms in total. The Bertz CT molecular complexity index is 1080. The van der Waals surface area contributed by atoms with Gasteiger partial charge in [0.1, 0.15) is 5.78 Å². The third-order valence-corrected chi connectivity index (χ3v) is 5.64. The summed E-state index contributed by atoms with van der Waals surface area (Å²) in [5.41, 5.74) is 2.41. The van der Waals surface area contributed by atoms with E-state index < -0.39 is 10.0 Å². The normalized spacial score (nSPS) is 10.8. The summed E-state index contributed by atoms with van der Waals surface area (Å²) in [4.78, 5) is 13.2. The molecule has 0 heterocycles. The van der Waals surface area contributed by atoms with Crippen LogP contribution >= 0.6 is 0 Å². The summed E-state index contributed by atoms with van der Waals surface area (Å²) in [5, 5.41) is 0. The Hall–Kier alpha value is -2.00. The monoisotopic (exact) mass is 615 g/mol. The van der Waals surface area contributed by atoms with Gasteiger partial charge in [-0.05, 0) is 18.2 Å². The molecule has 0 amide bonds. The van der Waals surface area contributed by atoms with Gasteiger partial charge in [-0.1, -0.05) is 48.0 Å². The second-order valence-electron chi connectivity index (χ2n) is 5.99. The molecule has 0 bridgehead atoms. The maximum atomic E-state index is 13.1. The largest absolute Gasteiger partial charge is 2.00 e. The van der Waals surface area contributed by atoms with Gasteiger partial charge in [0, 0.05) is 5.56 Å². The fourth-order valence-corrected chi connectivity index (χ4v) is 3.90. The second-order valence-corrected chi connectivity index (χ2v) is 7.67. The summed E-state index contributed by atoms with van der Waals surface area (Å²) in [7, 11) is -3.80. The number of ketones is 1. The van der Waals surface area contributed by atoms with Gasteiger partial charge in [-0.2, -0.15) is 18.1 Å². The fourth-order valence-electron chi connectivity index (χ4n) is 2.80. The van der Waals surface area contributed by atoms with E-state index in [9.17, 15) is 13.2 Å². The van der Waals surface area contributed by atoms with E-state index in [0.717, 1.165) is 5.56 Å². The van der Waals surface area contributed by atoms with E-state index in [4.69, 9.17) is 0 Å². The third kappa shape index (κ3) is 4.70. The van der Waals surface area contributed by atoms with Crippen molar-refractivity contribution in [3.8, 4) is 0 Å². The first kappa shape index (κ1) is 22.3. The molecule has 28 heavy (non-hydrogen) atoms. The number of sulfonamides is 1. The van der Waals surface area contributed by atoms with Crippen molar-refractivity contribution < 1.29 is 44.3 Å². The maximum Gasteiger partial charge on any atom is 2.00 e. The average molecular weight is 615 g/mol. The van der Waals surface area contributed by atoms with Crippen LogP contribution in [0.25, 0.3) is 0 Å². The van der Waals surface area contributed by atoms with Crippen molar-refractivity contribution in [3.05, 3.63) is 109 Å².